The van der Waals surface area contributed by atoms with Crippen molar-refractivity contribution >= 4 is 11.9 Å². The van der Waals surface area contributed by atoms with Crippen LogP contribution in [0.25, 0.3) is 0 Å². The zero-order chi connectivity index (χ0) is 21.5. The van der Waals surface area contributed by atoms with Crippen LogP contribution in [0.1, 0.15) is 24.3 Å². The zero-order valence-corrected chi connectivity index (χ0v) is 15.0. The number of nitrogens with two attached hydrogens (primary N) is 1. The van der Waals surface area contributed by atoms with E-state index >= 15 is 0 Å². The molecule has 0 aromatic heterocycles. The summed E-state index contributed by atoms with van der Waals surface area (Å²) in [7, 11) is 1.55. The Morgan fingerprint density at radius 3 is 2.46 bits per heavy atom. The Morgan fingerprint density at radius 2 is 1.93 bits per heavy atom. The molecule has 0 aliphatic carbocycles. The first-order chi connectivity index (χ1) is 13.0. The smallest absolute Gasteiger partial charge is 0.475 e. The molecule has 28 heavy (non-hydrogen) atoms. The summed E-state index contributed by atoms with van der Waals surface area (Å²) < 4.78 is 64.1. The molecule has 6 nitrogen and oxygen atoms in total. The van der Waals surface area contributed by atoms with Crippen molar-refractivity contribution in [1.82, 2.24) is 4.90 Å². The Hall–Kier alpha value is -2.27. The van der Waals surface area contributed by atoms with Crippen LogP contribution >= 0.6 is 0 Å². The summed E-state index contributed by atoms with van der Waals surface area (Å²) in [5.74, 6) is -4.87. The highest BCUT2D eigenvalue weighted by Gasteiger charge is 2.38. The fourth-order valence-corrected chi connectivity index (χ4v) is 2.68. The Bertz CT molecular complexity index is 684. The molecule has 11 heteroatoms. The Balaban J connectivity index is 0.000000480. The summed E-state index contributed by atoms with van der Waals surface area (Å²) >= 11 is 0. The molecule has 0 saturated carbocycles. The maximum absolute atomic E-state index is 14.0. The normalized spacial score (nSPS) is 20.2. The van der Waals surface area contributed by atoms with E-state index in [-0.39, 0.29) is 11.8 Å². The van der Waals surface area contributed by atoms with E-state index in [1.807, 2.05) is 0 Å². The zero-order valence-electron chi connectivity index (χ0n) is 15.0. The van der Waals surface area contributed by atoms with Crippen LogP contribution < -0.4 is 5.73 Å². The van der Waals surface area contributed by atoms with Crippen LogP contribution in [0.2, 0.25) is 0 Å². The van der Waals surface area contributed by atoms with Crippen LogP contribution in [0.15, 0.2) is 18.2 Å². The van der Waals surface area contributed by atoms with Crippen molar-refractivity contribution in [2.24, 2.45) is 5.73 Å². The molecule has 1 aliphatic heterocycles. The number of rotatable bonds is 4. The number of likely N-dealkylation sites (tertiary alicyclic amines) is 1. The number of carboxylic acids is 1. The predicted molar refractivity (Wildman–Crippen MR) is 88.5 cm³/mol. The van der Waals surface area contributed by atoms with Gasteiger partial charge in [0.2, 0.25) is 5.91 Å². The van der Waals surface area contributed by atoms with Gasteiger partial charge < -0.3 is 20.5 Å². The Morgan fingerprint density at radius 1 is 1.32 bits per heavy atom. The van der Waals surface area contributed by atoms with Crippen molar-refractivity contribution in [1.29, 1.82) is 0 Å². The van der Waals surface area contributed by atoms with Crippen LogP contribution in [-0.2, 0) is 14.3 Å². The first-order valence-corrected chi connectivity index (χ1v) is 8.26. The highest BCUT2D eigenvalue weighted by atomic mass is 19.4. The number of methoxy groups -OCH3 is 1. The molecule has 2 atom stereocenters. The van der Waals surface area contributed by atoms with E-state index in [9.17, 15) is 26.7 Å². The van der Waals surface area contributed by atoms with Crippen LogP contribution in [0.4, 0.5) is 22.0 Å². The van der Waals surface area contributed by atoms with E-state index in [1.165, 1.54) is 6.07 Å². The molecule has 2 rings (SSSR count). The number of amides is 1. The first kappa shape index (κ1) is 23.8. The van der Waals surface area contributed by atoms with Gasteiger partial charge in [-0.15, -0.1) is 0 Å². The fraction of sp³-hybridized carbons (Fsp3) is 0.529. The highest BCUT2D eigenvalue weighted by molar-refractivity contribution is 5.82. The van der Waals surface area contributed by atoms with Gasteiger partial charge in [0.05, 0.1) is 12.6 Å². The lowest BCUT2D eigenvalue weighted by Crippen LogP contribution is -2.44. The number of carboxylic acid groups (broad SMARTS) is 1. The molecular weight excluding hydrogens is 391 g/mol. The number of hydrogen-bond donors (Lipinski definition) is 2. The van der Waals surface area contributed by atoms with Gasteiger partial charge >= 0.3 is 12.1 Å². The maximum atomic E-state index is 14.0. The van der Waals surface area contributed by atoms with Crippen molar-refractivity contribution in [3.05, 3.63) is 35.4 Å². The van der Waals surface area contributed by atoms with Gasteiger partial charge in [0, 0.05) is 26.1 Å². The summed E-state index contributed by atoms with van der Waals surface area (Å²) in [5, 5.41) is 7.12. The molecule has 1 fully saturated rings. The number of carbonyl (C=O) groups excluding carboxylic acids is 1. The molecular formula is C17H21F5N2O4. The molecule has 0 spiro atoms. The lowest BCUT2D eigenvalue weighted by atomic mass is 9.93. The summed E-state index contributed by atoms with van der Waals surface area (Å²) in [6.07, 6.45) is -4.07. The van der Waals surface area contributed by atoms with Gasteiger partial charge in [-0.05, 0) is 24.5 Å². The van der Waals surface area contributed by atoms with E-state index in [0.717, 1.165) is 6.07 Å². The van der Waals surface area contributed by atoms with E-state index < -0.39 is 29.8 Å². The molecule has 1 amide bonds. The number of halogens is 5. The molecule has 158 valence electrons. The van der Waals surface area contributed by atoms with E-state index in [2.05, 4.69) is 0 Å². The van der Waals surface area contributed by atoms with Crippen molar-refractivity contribution in [3.63, 3.8) is 0 Å². The van der Waals surface area contributed by atoms with Gasteiger partial charge in [0.15, 0.2) is 11.6 Å². The molecule has 1 aromatic carbocycles. The van der Waals surface area contributed by atoms with Gasteiger partial charge in [-0.3, -0.25) is 4.79 Å². The molecule has 0 bridgehead atoms. The lowest BCUT2D eigenvalue weighted by Gasteiger charge is -2.25. The Labute approximate surface area is 158 Å². The van der Waals surface area contributed by atoms with Crippen LogP contribution in [0, 0.1) is 11.6 Å². The standard InChI is InChI=1S/C15H20F2N2O2.C2HF3O2/c1-21-8-7-19-9-10(5-6-13(18)15(19)20)11-3-2-4-12(16)14(11)17;3-2(4,5)1(6)7/h2-4,10,13H,5-9,18H2,1H3;(H,6,7)/t10-,13-;/m1./s1. The molecule has 0 unspecified atom stereocenters. The van der Waals surface area contributed by atoms with Gasteiger partial charge in [-0.1, -0.05) is 12.1 Å². The molecule has 1 aromatic rings. The van der Waals surface area contributed by atoms with E-state index in [4.69, 9.17) is 20.4 Å². The van der Waals surface area contributed by atoms with E-state index in [0.29, 0.717) is 38.1 Å². The van der Waals surface area contributed by atoms with Crippen molar-refractivity contribution in [2.75, 3.05) is 26.8 Å². The largest absolute Gasteiger partial charge is 0.490 e. The molecule has 1 saturated heterocycles. The minimum atomic E-state index is -5.08. The highest BCUT2D eigenvalue weighted by Crippen LogP contribution is 2.29. The second kappa shape index (κ2) is 10.3. The number of nitrogens with zero attached hydrogens (tertiary/aromatic N) is 1. The third-order valence-corrected chi connectivity index (χ3v) is 4.12. The predicted octanol–water partition coefficient (Wildman–Crippen LogP) is 2.28. The first-order valence-electron chi connectivity index (χ1n) is 8.26. The monoisotopic (exact) mass is 412 g/mol. The second-order valence-electron chi connectivity index (χ2n) is 6.10. The SMILES string of the molecule is COCCN1C[C@H](c2cccc(F)c2F)CC[C@@H](N)C1=O.O=C(O)C(F)(F)F. The van der Waals surface area contributed by atoms with Crippen molar-refractivity contribution < 1.29 is 41.4 Å². The Kier molecular flexibility index (Phi) is 8.76. The second-order valence-corrected chi connectivity index (χ2v) is 6.10. The molecule has 3 N–H and O–H groups in total. The van der Waals surface area contributed by atoms with Gasteiger partial charge in [-0.25, -0.2) is 13.6 Å². The van der Waals surface area contributed by atoms with Gasteiger partial charge in [0.1, 0.15) is 0 Å². The number of hydrogen-bond acceptors (Lipinski definition) is 4. The van der Waals surface area contributed by atoms with Gasteiger partial charge in [0.25, 0.3) is 0 Å². The van der Waals surface area contributed by atoms with Crippen LogP contribution in [0.5, 0.6) is 0 Å². The quantitative estimate of drug-likeness (QED) is 0.741. The molecule has 1 heterocycles. The third kappa shape index (κ3) is 6.71. The van der Waals surface area contributed by atoms with Crippen LogP contribution in [-0.4, -0.2) is 60.9 Å². The number of carbonyl (C=O) groups is 2. The van der Waals surface area contributed by atoms with Crippen molar-refractivity contribution in [3.8, 4) is 0 Å². The number of aliphatic carboxylic acids is 1. The minimum Gasteiger partial charge on any atom is -0.475 e. The fourth-order valence-electron chi connectivity index (χ4n) is 2.68. The number of benzene rings is 1. The van der Waals surface area contributed by atoms with Crippen molar-refractivity contribution in [2.45, 2.75) is 31.0 Å². The lowest BCUT2D eigenvalue weighted by molar-refractivity contribution is -0.192. The molecule has 1 aliphatic rings. The topological polar surface area (TPSA) is 92.9 Å². The average Bonchev–Trinajstić information content (AvgIpc) is 2.75. The number of alkyl halides is 3. The average molecular weight is 412 g/mol. The number of ether oxygens (including phenoxy) is 1. The summed E-state index contributed by atoms with van der Waals surface area (Å²) in [4.78, 5) is 22.6. The minimum absolute atomic E-state index is 0.161. The molecule has 0 radical (unpaired) electrons. The van der Waals surface area contributed by atoms with E-state index in [1.54, 1.807) is 18.1 Å². The maximum Gasteiger partial charge on any atom is 0.490 e. The summed E-state index contributed by atoms with van der Waals surface area (Å²) in [6.45, 7) is 1.11. The third-order valence-electron chi connectivity index (χ3n) is 4.12. The van der Waals surface area contributed by atoms with Crippen LogP contribution in [0.3, 0.4) is 0 Å². The summed E-state index contributed by atoms with van der Waals surface area (Å²) in [6, 6.07) is 3.55. The summed E-state index contributed by atoms with van der Waals surface area (Å²) in [5.41, 5.74) is 6.15. The van der Waals surface area contributed by atoms with Gasteiger partial charge in [-0.2, -0.15) is 13.2 Å².